The van der Waals surface area contributed by atoms with Crippen molar-refractivity contribution in [2.75, 3.05) is 14.2 Å². The van der Waals surface area contributed by atoms with Gasteiger partial charge in [0.1, 0.15) is 17.5 Å². The van der Waals surface area contributed by atoms with Crippen molar-refractivity contribution in [3.63, 3.8) is 0 Å². The van der Waals surface area contributed by atoms with Crippen molar-refractivity contribution in [2.24, 2.45) is 0 Å². The number of benzene rings is 3. The van der Waals surface area contributed by atoms with Crippen LogP contribution in [0.1, 0.15) is 0 Å². The van der Waals surface area contributed by atoms with Gasteiger partial charge in [0.25, 0.3) is 0 Å². The first-order valence-electron chi connectivity index (χ1n) is 8.93. The molecule has 0 saturated carbocycles. The topological polar surface area (TPSA) is 47.1 Å². The van der Waals surface area contributed by atoms with Crippen LogP contribution in [0.5, 0.6) is 11.5 Å². The number of aromatic amines is 1. The molecule has 4 rings (SSSR count). The first-order chi connectivity index (χ1) is 14.1. The van der Waals surface area contributed by atoms with Crippen LogP contribution in [0.3, 0.4) is 0 Å². The third-order valence-electron chi connectivity index (χ3n) is 4.61. The summed E-state index contributed by atoms with van der Waals surface area (Å²) in [7, 11) is 3.14. The molecule has 146 valence electrons. The maximum Gasteiger partial charge on any atom is 0.161 e. The van der Waals surface area contributed by atoms with Crippen LogP contribution in [0, 0.1) is 11.6 Å². The fraction of sp³-hybridized carbons (Fsp3) is 0.0870. The Bertz CT molecular complexity index is 1070. The molecule has 0 saturated heterocycles. The van der Waals surface area contributed by atoms with E-state index >= 15 is 0 Å². The summed E-state index contributed by atoms with van der Waals surface area (Å²) in [5.74, 6) is 1.14. The molecule has 0 bridgehead atoms. The second-order valence-electron chi connectivity index (χ2n) is 6.39. The Balaban J connectivity index is 1.87. The molecule has 0 unspecified atom stereocenters. The van der Waals surface area contributed by atoms with Crippen LogP contribution in [0.25, 0.3) is 33.9 Å². The Hall–Kier alpha value is -3.67. The Kier molecular flexibility index (Phi) is 4.99. The van der Waals surface area contributed by atoms with Crippen molar-refractivity contribution >= 4 is 0 Å². The molecule has 0 aliphatic heterocycles. The van der Waals surface area contributed by atoms with Crippen LogP contribution in [0.2, 0.25) is 0 Å². The number of imidazole rings is 1. The van der Waals surface area contributed by atoms with E-state index in [1.165, 1.54) is 24.3 Å². The summed E-state index contributed by atoms with van der Waals surface area (Å²) >= 11 is 0. The number of rotatable bonds is 5. The number of methoxy groups -OCH3 is 2. The van der Waals surface area contributed by atoms with E-state index in [2.05, 4.69) is 4.98 Å². The smallest absolute Gasteiger partial charge is 0.161 e. The molecule has 0 atom stereocenters. The lowest BCUT2D eigenvalue weighted by Crippen LogP contribution is -1.91. The summed E-state index contributed by atoms with van der Waals surface area (Å²) in [6.45, 7) is 0. The summed E-state index contributed by atoms with van der Waals surface area (Å²) in [6, 6.07) is 17.7. The van der Waals surface area contributed by atoms with Gasteiger partial charge in [-0.2, -0.15) is 0 Å². The molecule has 0 fully saturated rings. The van der Waals surface area contributed by atoms with Gasteiger partial charge in [-0.15, -0.1) is 0 Å². The molecule has 29 heavy (non-hydrogen) atoms. The van der Waals surface area contributed by atoms with E-state index in [0.717, 1.165) is 16.7 Å². The highest BCUT2D eigenvalue weighted by Gasteiger charge is 2.17. The van der Waals surface area contributed by atoms with Crippen molar-refractivity contribution < 1.29 is 18.3 Å². The minimum atomic E-state index is -0.326. The highest BCUT2D eigenvalue weighted by molar-refractivity contribution is 5.81. The zero-order chi connectivity index (χ0) is 20.4. The lowest BCUT2D eigenvalue weighted by atomic mass is 10.1. The normalized spacial score (nSPS) is 10.8. The minimum absolute atomic E-state index is 0.322. The molecule has 1 heterocycles. The number of hydrogen-bond acceptors (Lipinski definition) is 3. The van der Waals surface area contributed by atoms with Gasteiger partial charge in [-0.25, -0.2) is 13.8 Å². The average molecular weight is 392 g/mol. The largest absolute Gasteiger partial charge is 0.493 e. The van der Waals surface area contributed by atoms with Gasteiger partial charge in [0, 0.05) is 16.7 Å². The molecule has 0 radical (unpaired) electrons. The first kappa shape index (κ1) is 18.7. The Morgan fingerprint density at radius 3 is 1.83 bits per heavy atom. The molecule has 6 heteroatoms. The van der Waals surface area contributed by atoms with Crippen molar-refractivity contribution in [3.05, 3.63) is 78.4 Å². The number of H-pyrrole nitrogens is 1. The fourth-order valence-electron chi connectivity index (χ4n) is 3.14. The van der Waals surface area contributed by atoms with E-state index in [-0.39, 0.29) is 11.6 Å². The predicted octanol–water partition coefficient (Wildman–Crippen LogP) is 5.71. The van der Waals surface area contributed by atoms with E-state index in [1.807, 2.05) is 12.1 Å². The van der Waals surface area contributed by atoms with Crippen LogP contribution in [-0.2, 0) is 0 Å². The van der Waals surface area contributed by atoms with Gasteiger partial charge in [-0.1, -0.05) is 0 Å². The van der Waals surface area contributed by atoms with E-state index in [4.69, 9.17) is 14.5 Å². The van der Waals surface area contributed by atoms with Crippen LogP contribution >= 0.6 is 0 Å². The maximum atomic E-state index is 13.4. The summed E-state index contributed by atoms with van der Waals surface area (Å²) in [6.07, 6.45) is 0. The van der Waals surface area contributed by atoms with E-state index < -0.39 is 0 Å². The molecule has 4 aromatic rings. The van der Waals surface area contributed by atoms with Crippen molar-refractivity contribution in [2.45, 2.75) is 0 Å². The minimum Gasteiger partial charge on any atom is -0.493 e. The second kappa shape index (κ2) is 7.75. The average Bonchev–Trinajstić information content (AvgIpc) is 3.19. The summed E-state index contributed by atoms with van der Waals surface area (Å²) in [5.41, 5.74) is 3.65. The SMILES string of the molecule is COc1ccc(-c2nc(-c3ccc(F)cc3)c(-c3ccc(F)cc3)[nH]2)cc1OC. The first-order valence-corrected chi connectivity index (χ1v) is 8.93. The maximum absolute atomic E-state index is 13.4. The van der Waals surface area contributed by atoms with Crippen LogP contribution in [-0.4, -0.2) is 24.2 Å². The van der Waals surface area contributed by atoms with Gasteiger partial charge >= 0.3 is 0 Å². The third kappa shape index (κ3) is 3.69. The molecule has 4 nitrogen and oxygen atoms in total. The number of hydrogen-bond donors (Lipinski definition) is 1. The number of aromatic nitrogens is 2. The monoisotopic (exact) mass is 392 g/mol. The number of nitrogens with one attached hydrogen (secondary N) is 1. The Morgan fingerprint density at radius 1 is 0.690 bits per heavy atom. The predicted molar refractivity (Wildman–Crippen MR) is 108 cm³/mol. The zero-order valence-electron chi connectivity index (χ0n) is 15.9. The molecular formula is C23H18F2N2O2. The van der Waals surface area contributed by atoms with Crippen LogP contribution in [0.4, 0.5) is 8.78 Å². The lowest BCUT2D eigenvalue weighted by Gasteiger charge is -2.08. The van der Waals surface area contributed by atoms with Gasteiger partial charge in [-0.05, 0) is 66.7 Å². The Morgan fingerprint density at radius 2 is 1.24 bits per heavy atom. The summed E-state index contributed by atoms with van der Waals surface area (Å²) in [4.78, 5) is 8.05. The highest BCUT2D eigenvalue weighted by atomic mass is 19.1. The highest BCUT2D eigenvalue weighted by Crippen LogP contribution is 2.36. The molecule has 1 N–H and O–H groups in total. The van der Waals surface area contributed by atoms with Crippen LogP contribution in [0.15, 0.2) is 66.7 Å². The number of nitrogens with zero attached hydrogens (tertiary/aromatic N) is 1. The zero-order valence-corrected chi connectivity index (χ0v) is 15.9. The number of ether oxygens (including phenoxy) is 2. The van der Waals surface area contributed by atoms with Crippen molar-refractivity contribution in [1.82, 2.24) is 9.97 Å². The summed E-state index contributed by atoms with van der Waals surface area (Å²) in [5, 5.41) is 0. The van der Waals surface area contributed by atoms with Crippen LogP contribution < -0.4 is 9.47 Å². The second-order valence-corrected chi connectivity index (χ2v) is 6.39. The van der Waals surface area contributed by atoms with Crippen molar-refractivity contribution in [1.29, 1.82) is 0 Å². The van der Waals surface area contributed by atoms with E-state index in [1.54, 1.807) is 44.6 Å². The van der Waals surface area contributed by atoms with Gasteiger partial charge in [0.2, 0.25) is 0 Å². The quantitative estimate of drug-likeness (QED) is 0.473. The number of halogens is 2. The lowest BCUT2D eigenvalue weighted by molar-refractivity contribution is 0.355. The van der Waals surface area contributed by atoms with Gasteiger partial charge in [0.15, 0.2) is 11.5 Å². The fourth-order valence-corrected chi connectivity index (χ4v) is 3.14. The van der Waals surface area contributed by atoms with Gasteiger partial charge < -0.3 is 14.5 Å². The molecule has 3 aromatic carbocycles. The van der Waals surface area contributed by atoms with Gasteiger partial charge in [0.05, 0.1) is 25.6 Å². The molecule has 0 amide bonds. The van der Waals surface area contributed by atoms with Crippen molar-refractivity contribution in [3.8, 4) is 45.4 Å². The molecular weight excluding hydrogens is 374 g/mol. The molecule has 0 aliphatic rings. The summed E-state index contributed by atoms with van der Waals surface area (Å²) < 4.78 is 37.5. The standard InChI is InChI=1S/C23H18F2N2O2/c1-28-19-12-7-16(13-20(19)29-2)23-26-21(14-3-8-17(24)9-4-14)22(27-23)15-5-10-18(25)11-6-15/h3-13H,1-2H3,(H,26,27). The van der Waals surface area contributed by atoms with E-state index in [0.29, 0.717) is 28.7 Å². The molecule has 0 aliphatic carbocycles. The molecule has 1 aromatic heterocycles. The third-order valence-corrected chi connectivity index (χ3v) is 4.61. The molecule has 0 spiro atoms. The Labute approximate surface area is 166 Å². The van der Waals surface area contributed by atoms with Gasteiger partial charge in [-0.3, -0.25) is 0 Å². The van der Waals surface area contributed by atoms with E-state index in [9.17, 15) is 8.78 Å².